The van der Waals surface area contributed by atoms with Crippen molar-refractivity contribution in [3.63, 3.8) is 0 Å². The van der Waals surface area contributed by atoms with Gasteiger partial charge in [0.05, 0.1) is 4.83 Å². The molecule has 1 atom stereocenters. The standard InChI is InChI=1S/C17H11BrClF/c18-17(14-7-3-4-8-16(14)20)13-9-10-15(19)12-6-2-1-5-11(12)13/h1-10,17H. The average molecular weight is 350 g/mol. The van der Waals surface area contributed by atoms with Crippen molar-refractivity contribution in [2.24, 2.45) is 0 Å². The molecule has 3 aromatic rings. The second kappa shape index (κ2) is 5.55. The van der Waals surface area contributed by atoms with Crippen LogP contribution in [0.1, 0.15) is 16.0 Å². The molecule has 3 aromatic carbocycles. The normalized spacial score (nSPS) is 12.6. The summed E-state index contributed by atoms with van der Waals surface area (Å²) in [5.74, 6) is -0.214. The summed E-state index contributed by atoms with van der Waals surface area (Å²) in [5.41, 5.74) is 1.63. The molecular weight excluding hydrogens is 339 g/mol. The maximum atomic E-state index is 13.9. The minimum Gasteiger partial charge on any atom is -0.207 e. The van der Waals surface area contributed by atoms with Crippen molar-refractivity contribution < 1.29 is 4.39 Å². The van der Waals surface area contributed by atoms with Crippen LogP contribution in [0.2, 0.25) is 5.02 Å². The molecule has 0 amide bonds. The number of benzene rings is 3. The summed E-state index contributed by atoms with van der Waals surface area (Å²) in [4.78, 5) is -0.203. The first-order valence-electron chi connectivity index (χ1n) is 6.24. The van der Waals surface area contributed by atoms with Gasteiger partial charge in [0, 0.05) is 16.0 Å². The Hall–Kier alpha value is -1.38. The van der Waals surface area contributed by atoms with Crippen LogP contribution in [0, 0.1) is 5.82 Å². The van der Waals surface area contributed by atoms with Crippen molar-refractivity contribution >= 4 is 38.3 Å². The van der Waals surface area contributed by atoms with Crippen LogP contribution < -0.4 is 0 Å². The van der Waals surface area contributed by atoms with E-state index in [-0.39, 0.29) is 10.6 Å². The fraction of sp³-hybridized carbons (Fsp3) is 0.0588. The first-order chi connectivity index (χ1) is 9.68. The summed E-state index contributed by atoms with van der Waals surface area (Å²) in [6.45, 7) is 0. The molecule has 0 spiro atoms. The minimum absolute atomic E-state index is 0.203. The lowest BCUT2D eigenvalue weighted by Crippen LogP contribution is -1.97. The molecule has 0 saturated heterocycles. The number of hydrogen-bond donors (Lipinski definition) is 0. The predicted molar refractivity (Wildman–Crippen MR) is 86.1 cm³/mol. The van der Waals surface area contributed by atoms with Crippen LogP contribution in [0.15, 0.2) is 60.7 Å². The zero-order chi connectivity index (χ0) is 14.1. The third kappa shape index (κ3) is 2.34. The lowest BCUT2D eigenvalue weighted by molar-refractivity contribution is 0.614. The van der Waals surface area contributed by atoms with Gasteiger partial charge in [0.15, 0.2) is 0 Å². The van der Waals surface area contributed by atoms with Crippen molar-refractivity contribution in [3.05, 3.63) is 82.6 Å². The van der Waals surface area contributed by atoms with E-state index in [4.69, 9.17) is 11.6 Å². The third-order valence-corrected chi connectivity index (χ3v) is 4.67. The minimum atomic E-state index is -0.214. The summed E-state index contributed by atoms with van der Waals surface area (Å²) in [6.07, 6.45) is 0. The third-order valence-electron chi connectivity index (χ3n) is 3.36. The Kier molecular flexibility index (Phi) is 3.77. The molecular formula is C17H11BrClF. The van der Waals surface area contributed by atoms with Crippen molar-refractivity contribution in [1.29, 1.82) is 0 Å². The van der Waals surface area contributed by atoms with E-state index >= 15 is 0 Å². The summed E-state index contributed by atoms with van der Waals surface area (Å²) < 4.78 is 13.9. The second-order valence-corrected chi connectivity index (χ2v) is 5.89. The summed E-state index contributed by atoms with van der Waals surface area (Å²) in [6, 6.07) is 18.5. The van der Waals surface area contributed by atoms with Gasteiger partial charge in [-0.05, 0) is 23.1 Å². The topological polar surface area (TPSA) is 0 Å². The van der Waals surface area contributed by atoms with Crippen LogP contribution in [0.25, 0.3) is 10.8 Å². The fourth-order valence-corrected chi connectivity index (χ4v) is 3.35. The largest absolute Gasteiger partial charge is 0.207 e. The average Bonchev–Trinajstić information content (AvgIpc) is 2.48. The van der Waals surface area contributed by atoms with Crippen LogP contribution in [0.4, 0.5) is 4.39 Å². The number of alkyl halides is 1. The molecule has 0 heterocycles. The second-order valence-electron chi connectivity index (χ2n) is 4.57. The van der Waals surface area contributed by atoms with Gasteiger partial charge in [-0.1, -0.05) is 76.1 Å². The highest BCUT2D eigenvalue weighted by molar-refractivity contribution is 9.09. The van der Waals surface area contributed by atoms with E-state index in [0.717, 1.165) is 16.3 Å². The fourth-order valence-electron chi connectivity index (χ4n) is 2.35. The van der Waals surface area contributed by atoms with Gasteiger partial charge in [-0.2, -0.15) is 0 Å². The van der Waals surface area contributed by atoms with Gasteiger partial charge in [-0.25, -0.2) is 4.39 Å². The molecule has 20 heavy (non-hydrogen) atoms. The van der Waals surface area contributed by atoms with Gasteiger partial charge >= 0.3 is 0 Å². The van der Waals surface area contributed by atoms with Gasteiger partial charge in [0.2, 0.25) is 0 Å². The van der Waals surface area contributed by atoms with E-state index < -0.39 is 0 Å². The van der Waals surface area contributed by atoms with E-state index in [9.17, 15) is 4.39 Å². The van der Waals surface area contributed by atoms with Gasteiger partial charge in [-0.15, -0.1) is 0 Å². The number of hydrogen-bond acceptors (Lipinski definition) is 0. The van der Waals surface area contributed by atoms with Crippen LogP contribution >= 0.6 is 27.5 Å². The molecule has 3 heteroatoms. The molecule has 1 unspecified atom stereocenters. The molecule has 0 aromatic heterocycles. The van der Waals surface area contributed by atoms with Crippen LogP contribution in [-0.2, 0) is 0 Å². The molecule has 0 aliphatic heterocycles. The number of rotatable bonds is 2. The SMILES string of the molecule is Fc1ccccc1C(Br)c1ccc(Cl)c2ccccc12. The van der Waals surface area contributed by atoms with Gasteiger partial charge in [-0.3, -0.25) is 0 Å². The first kappa shape index (κ1) is 13.6. The van der Waals surface area contributed by atoms with Crippen LogP contribution in [0.3, 0.4) is 0 Å². The van der Waals surface area contributed by atoms with Gasteiger partial charge in [0.1, 0.15) is 5.82 Å². The molecule has 100 valence electrons. The van der Waals surface area contributed by atoms with Crippen molar-refractivity contribution in [1.82, 2.24) is 0 Å². The Balaban J connectivity index is 2.20. The van der Waals surface area contributed by atoms with E-state index in [0.29, 0.717) is 10.6 Å². The Bertz CT molecular complexity index is 770. The highest BCUT2D eigenvalue weighted by atomic mass is 79.9. The van der Waals surface area contributed by atoms with Crippen LogP contribution in [0.5, 0.6) is 0 Å². The van der Waals surface area contributed by atoms with Gasteiger partial charge < -0.3 is 0 Å². The molecule has 0 aliphatic rings. The van der Waals surface area contributed by atoms with Crippen molar-refractivity contribution in [2.45, 2.75) is 4.83 Å². The molecule has 0 saturated carbocycles. The zero-order valence-corrected chi connectivity index (χ0v) is 12.8. The predicted octanol–water partition coefficient (Wildman–Crippen LogP) is 6.12. The van der Waals surface area contributed by atoms with Crippen molar-refractivity contribution in [3.8, 4) is 0 Å². The van der Waals surface area contributed by atoms with E-state index in [1.807, 2.05) is 42.5 Å². The number of halogens is 3. The highest BCUT2D eigenvalue weighted by Crippen LogP contribution is 2.38. The Morgan fingerprint density at radius 2 is 1.45 bits per heavy atom. The molecule has 0 N–H and O–H groups in total. The molecule has 0 radical (unpaired) electrons. The molecule has 0 fully saturated rings. The quantitative estimate of drug-likeness (QED) is 0.489. The van der Waals surface area contributed by atoms with E-state index in [1.54, 1.807) is 12.1 Å². The summed E-state index contributed by atoms with van der Waals surface area (Å²) in [7, 11) is 0. The molecule has 0 nitrogen and oxygen atoms in total. The molecule has 3 rings (SSSR count). The highest BCUT2D eigenvalue weighted by Gasteiger charge is 2.17. The first-order valence-corrected chi connectivity index (χ1v) is 7.53. The number of fused-ring (bicyclic) bond motifs is 1. The van der Waals surface area contributed by atoms with E-state index in [2.05, 4.69) is 15.9 Å². The van der Waals surface area contributed by atoms with Crippen molar-refractivity contribution in [2.75, 3.05) is 0 Å². The lowest BCUT2D eigenvalue weighted by Gasteiger charge is -2.15. The Labute approximate surface area is 130 Å². The Morgan fingerprint density at radius 3 is 2.20 bits per heavy atom. The Morgan fingerprint density at radius 1 is 0.800 bits per heavy atom. The summed E-state index contributed by atoms with van der Waals surface area (Å²) >= 11 is 9.83. The zero-order valence-electron chi connectivity index (χ0n) is 10.5. The van der Waals surface area contributed by atoms with Crippen LogP contribution in [-0.4, -0.2) is 0 Å². The lowest BCUT2D eigenvalue weighted by atomic mass is 9.98. The molecule has 0 aliphatic carbocycles. The smallest absolute Gasteiger partial charge is 0.127 e. The molecule has 0 bridgehead atoms. The maximum Gasteiger partial charge on any atom is 0.127 e. The summed E-state index contributed by atoms with van der Waals surface area (Å²) in [5, 5.41) is 2.72. The monoisotopic (exact) mass is 348 g/mol. The van der Waals surface area contributed by atoms with Gasteiger partial charge in [0.25, 0.3) is 0 Å². The van der Waals surface area contributed by atoms with E-state index in [1.165, 1.54) is 6.07 Å². The maximum absolute atomic E-state index is 13.9.